The van der Waals surface area contributed by atoms with Crippen LogP contribution in [0.5, 0.6) is 0 Å². The molecule has 0 aliphatic carbocycles. The molecule has 0 heterocycles. The van der Waals surface area contributed by atoms with Crippen molar-refractivity contribution in [1.29, 1.82) is 0 Å². The van der Waals surface area contributed by atoms with Gasteiger partial charge in [-0.2, -0.15) is 0 Å². The molecule has 0 atom stereocenters. The lowest BCUT2D eigenvalue weighted by atomic mass is 10.4. The first-order chi connectivity index (χ1) is 5.26. The van der Waals surface area contributed by atoms with Crippen molar-refractivity contribution in [3.05, 3.63) is 10.4 Å². The van der Waals surface area contributed by atoms with Gasteiger partial charge in [0.1, 0.15) is 6.54 Å². The van der Waals surface area contributed by atoms with Crippen molar-refractivity contribution in [3.8, 4) is 0 Å². The van der Waals surface area contributed by atoms with Gasteiger partial charge in [-0.05, 0) is 19.4 Å². The molecule has 62 valence electrons. The Kier molecular flexibility index (Phi) is 4.94. The molecule has 0 spiro atoms. The van der Waals surface area contributed by atoms with Gasteiger partial charge in [0.15, 0.2) is 0 Å². The van der Waals surface area contributed by atoms with Gasteiger partial charge in [-0.25, -0.2) is 0 Å². The first-order valence-corrected chi connectivity index (χ1v) is 3.54. The molecule has 0 aliphatic rings. The Hall–Kier alpha value is -1.22. The quantitative estimate of drug-likeness (QED) is 0.342. The van der Waals surface area contributed by atoms with Crippen LogP contribution in [0.4, 0.5) is 0 Å². The highest BCUT2D eigenvalue weighted by atomic mass is 16.2. The topological polar surface area (TPSA) is 69.1 Å². The highest BCUT2D eigenvalue weighted by Gasteiger charge is 2.06. The summed E-state index contributed by atoms with van der Waals surface area (Å²) in [5.74, 6) is -0.118. The van der Waals surface area contributed by atoms with Crippen molar-refractivity contribution in [3.63, 3.8) is 0 Å². The van der Waals surface area contributed by atoms with Crippen LogP contribution in [0, 0.1) is 0 Å². The Morgan fingerprint density at radius 3 is 2.45 bits per heavy atom. The van der Waals surface area contributed by atoms with Crippen LogP contribution in [-0.2, 0) is 4.79 Å². The average Bonchev–Trinajstić information content (AvgIpc) is 2.03. The third-order valence-electron chi connectivity index (χ3n) is 1.39. The van der Waals surface area contributed by atoms with Crippen LogP contribution < -0.4 is 0 Å². The Bertz CT molecular complexity index is 169. The van der Waals surface area contributed by atoms with Crippen molar-refractivity contribution in [2.75, 3.05) is 19.6 Å². The molecule has 0 N–H and O–H groups in total. The summed E-state index contributed by atoms with van der Waals surface area (Å²) in [5.41, 5.74) is 7.93. The van der Waals surface area contributed by atoms with E-state index in [1.54, 1.807) is 4.90 Å². The van der Waals surface area contributed by atoms with Crippen molar-refractivity contribution in [1.82, 2.24) is 4.90 Å². The highest BCUT2D eigenvalue weighted by molar-refractivity contribution is 5.78. The van der Waals surface area contributed by atoms with Gasteiger partial charge < -0.3 is 4.90 Å². The van der Waals surface area contributed by atoms with Crippen molar-refractivity contribution in [2.24, 2.45) is 5.11 Å². The zero-order chi connectivity index (χ0) is 8.69. The SMILES string of the molecule is CCN(CC)C(=O)CN=[N+]=[N-]. The van der Waals surface area contributed by atoms with Crippen LogP contribution in [0.15, 0.2) is 5.11 Å². The highest BCUT2D eigenvalue weighted by Crippen LogP contribution is 1.88. The van der Waals surface area contributed by atoms with Gasteiger partial charge in [0.05, 0.1) is 0 Å². The van der Waals surface area contributed by atoms with Gasteiger partial charge in [0.2, 0.25) is 5.91 Å². The molecule has 0 bridgehead atoms. The van der Waals surface area contributed by atoms with E-state index in [1.807, 2.05) is 13.8 Å². The molecule has 0 aliphatic heterocycles. The molecule has 5 heteroatoms. The number of carbonyl (C=O) groups is 1. The Labute approximate surface area is 65.6 Å². The van der Waals surface area contributed by atoms with E-state index in [1.165, 1.54) is 0 Å². The lowest BCUT2D eigenvalue weighted by molar-refractivity contribution is -0.129. The van der Waals surface area contributed by atoms with Crippen LogP contribution in [-0.4, -0.2) is 30.4 Å². The maximum absolute atomic E-state index is 11.0. The fraction of sp³-hybridized carbons (Fsp3) is 0.833. The van der Waals surface area contributed by atoms with Crippen molar-refractivity contribution < 1.29 is 4.79 Å². The zero-order valence-corrected chi connectivity index (χ0v) is 6.82. The minimum Gasteiger partial charge on any atom is -0.343 e. The third-order valence-corrected chi connectivity index (χ3v) is 1.39. The van der Waals surface area contributed by atoms with Crippen molar-refractivity contribution >= 4 is 5.91 Å². The van der Waals surface area contributed by atoms with E-state index in [2.05, 4.69) is 10.0 Å². The van der Waals surface area contributed by atoms with Crippen LogP contribution >= 0.6 is 0 Å². The lowest BCUT2D eigenvalue weighted by Gasteiger charge is -2.16. The van der Waals surface area contributed by atoms with Gasteiger partial charge in [0, 0.05) is 18.0 Å². The van der Waals surface area contributed by atoms with Crippen LogP contribution in [0.2, 0.25) is 0 Å². The number of nitrogens with zero attached hydrogens (tertiary/aromatic N) is 4. The van der Waals surface area contributed by atoms with E-state index in [-0.39, 0.29) is 12.5 Å². The maximum Gasteiger partial charge on any atom is 0.228 e. The smallest absolute Gasteiger partial charge is 0.228 e. The molecule has 0 aromatic heterocycles. The van der Waals surface area contributed by atoms with Gasteiger partial charge in [-0.3, -0.25) is 4.79 Å². The fourth-order valence-corrected chi connectivity index (χ4v) is 0.768. The van der Waals surface area contributed by atoms with E-state index >= 15 is 0 Å². The summed E-state index contributed by atoms with van der Waals surface area (Å²) >= 11 is 0. The third kappa shape index (κ3) is 3.47. The molecule has 0 fully saturated rings. The Morgan fingerprint density at radius 2 is 2.09 bits per heavy atom. The first-order valence-electron chi connectivity index (χ1n) is 3.54. The van der Waals surface area contributed by atoms with E-state index in [9.17, 15) is 4.79 Å². The second kappa shape index (κ2) is 5.56. The minimum atomic E-state index is -0.118. The molecular formula is C6H12N4O. The van der Waals surface area contributed by atoms with Gasteiger partial charge in [0.25, 0.3) is 0 Å². The number of hydrogen-bond acceptors (Lipinski definition) is 2. The molecule has 0 saturated heterocycles. The number of carbonyl (C=O) groups excluding carboxylic acids is 1. The monoisotopic (exact) mass is 156 g/mol. The average molecular weight is 156 g/mol. The van der Waals surface area contributed by atoms with Crippen LogP contribution in [0.1, 0.15) is 13.8 Å². The minimum absolute atomic E-state index is 0.0713. The van der Waals surface area contributed by atoms with E-state index in [0.717, 1.165) is 0 Å². The summed E-state index contributed by atoms with van der Waals surface area (Å²) < 4.78 is 0. The van der Waals surface area contributed by atoms with Gasteiger partial charge in [-0.15, -0.1) is 0 Å². The zero-order valence-electron chi connectivity index (χ0n) is 6.82. The summed E-state index contributed by atoms with van der Waals surface area (Å²) in [5, 5.41) is 3.18. The predicted molar refractivity (Wildman–Crippen MR) is 41.9 cm³/mol. The molecule has 0 saturated carbocycles. The van der Waals surface area contributed by atoms with E-state index < -0.39 is 0 Å². The molecule has 1 amide bonds. The predicted octanol–water partition coefficient (Wildman–Crippen LogP) is 1.17. The van der Waals surface area contributed by atoms with Crippen LogP contribution in [0.3, 0.4) is 0 Å². The summed E-state index contributed by atoms with van der Waals surface area (Å²) in [7, 11) is 0. The second-order valence-electron chi connectivity index (χ2n) is 1.96. The summed E-state index contributed by atoms with van der Waals surface area (Å²) in [4.78, 5) is 15.1. The number of amides is 1. The largest absolute Gasteiger partial charge is 0.343 e. The maximum atomic E-state index is 11.0. The second-order valence-corrected chi connectivity index (χ2v) is 1.96. The fourth-order valence-electron chi connectivity index (χ4n) is 0.768. The van der Waals surface area contributed by atoms with Gasteiger partial charge in [-0.1, -0.05) is 5.11 Å². The Balaban J connectivity index is 3.88. The molecule has 11 heavy (non-hydrogen) atoms. The summed E-state index contributed by atoms with van der Waals surface area (Å²) in [6.45, 7) is 5.03. The number of rotatable bonds is 4. The number of likely N-dealkylation sites (N-methyl/N-ethyl adjacent to an activating group) is 1. The molecule has 0 unspecified atom stereocenters. The summed E-state index contributed by atoms with van der Waals surface area (Å²) in [6, 6.07) is 0. The summed E-state index contributed by atoms with van der Waals surface area (Å²) in [6.07, 6.45) is 0. The molecule has 0 rings (SSSR count). The van der Waals surface area contributed by atoms with Crippen LogP contribution in [0.25, 0.3) is 10.4 Å². The first kappa shape index (κ1) is 9.78. The lowest BCUT2D eigenvalue weighted by Crippen LogP contribution is -2.32. The molecule has 0 aromatic rings. The Morgan fingerprint density at radius 1 is 1.55 bits per heavy atom. The number of hydrogen-bond donors (Lipinski definition) is 0. The van der Waals surface area contributed by atoms with Crippen molar-refractivity contribution in [2.45, 2.75) is 13.8 Å². The number of azide groups is 1. The van der Waals surface area contributed by atoms with E-state index in [4.69, 9.17) is 5.53 Å². The molecular weight excluding hydrogens is 144 g/mol. The standard InChI is InChI=1S/C6H12N4O/c1-3-10(4-2)6(11)5-8-9-7/h3-5H2,1-2H3. The van der Waals surface area contributed by atoms with Gasteiger partial charge >= 0.3 is 0 Å². The molecule has 5 nitrogen and oxygen atoms in total. The normalized spacial score (nSPS) is 8.55. The van der Waals surface area contributed by atoms with E-state index in [0.29, 0.717) is 13.1 Å². The molecule has 0 aromatic carbocycles. The molecule has 0 radical (unpaired) electrons.